The number of benzene rings is 3. The molecule has 0 amide bonds. The van der Waals surface area contributed by atoms with E-state index in [0.29, 0.717) is 22.1 Å². The highest BCUT2D eigenvalue weighted by Gasteiger charge is 2.13. The summed E-state index contributed by atoms with van der Waals surface area (Å²) >= 11 is 6.40. The average molecular weight is 398 g/mol. The highest BCUT2D eigenvalue weighted by atomic mass is 35.5. The van der Waals surface area contributed by atoms with E-state index in [4.69, 9.17) is 21.1 Å². The van der Waals surface area contributed by atoms with Crippen LogP contribution in [-0.2, 0) is 6.61 Å². The predicted octanol–water partition coefficient (Wildman–Crippen LogP) is 6.43. The van der Waals surface area contributed by atoms with E-state index in [-0.39, 0.29) is 12.4 Å². The molecule has 0 spiro atoms. The molecule has 0 fully saturated rings. The fourth-order valence-electron chi connectivity index (χ4n) is 2.74. The summed E-state index contributed by atoms with van der Waals surface area (Å²) in [6.45, 7) is 4.14. The minimum Gasteiger partial charge on any atom is -0.493 e. The van der Waals surface area contributed by atoms with Crippen molar-refractivity contribution in [1.82, 2.24) is 0 Å². The van der Waals surface area contributed by atoms with Crippen LogP contribution in [0.25, 0.3) is 0 Å². The van der Waals surface area contributed by atoms with E-state index in [1.807, 2.05) is 19.1 Å². The molecule has 0 aliphatic rings. The van der Waals surface area contributed by atoms with Crippen molar-refractivity contribution in [3.63, 3.8) is 0 Å². The van der Waals surface area contributed by atoms with Gasteiger partial charge in [0.2, 0.25) is 0 Å². The largest absolute Gasteiger partial charge is 0.493 e. The van der Waals surface area contributed by atoms with Crippen LogP contribution >= 0.6 is 11.6 Å². The zero-order valence-electron chi connectivity index (χ0n) is 16.0. The molecule has 28 heavy (non-hydrogen) atoms. The molecule has 3 rings (SSSR count). The number of nitrogens with zero attached hydrogens (tertiary/aromatic N) is 1. The third kappa shape index (κ3) is 4.52. The lowest BCUT2D eigenvalue weighted by atomic mass is 10.1. The Morgan fingerprint density at radius 2 is 1.86 bits per heavy atom. The number of ether oxygens (including phenoxy) is 2. The van der Waals surface area contributed by atoms with E-state index in [1.54, 1.807) is 36.5 Å². The van der Waals surface area contributed by atoms with Crippen molar-refractivity contribution in [2.75, 3.05) is 7.11 Å². The standard InChI is InChI=1S/C23H21ClFNO2/c1-15-7-6-10-21(16(15)2)26-13-17-11-19(24)23(22(12-17)27-3)28-14-18-8-4-5-9-20(18)25/h4-13H,14H2,1-3H3. The van der Waals surface area contributed by atoms with Gasteiger partial charge in [0.25, 0.3) is 0 Å². The number of aliphatic imine (C=N–C) groups is 1. The van der Waals surface area contributed by atoms with Crippen LogP contribution in [0.4, 0.5) is 10.1 Å². The molecule has 144 valence electrons. The molecule has 5 heteroatoms. The first kappa shape index (κ1) is 19.9. The quantitative estimate of drug-likeness (QED) is 0.448. The van der Waals surface area contributed by atoms with E-state index in [0.717, 1.165) is 16.8 Å². The molecular formula is C23H21ClFNO2. The second-order valence-corrected chi connectivity index (χ2v) is 6.80. The number of hydrogen-bond donors (Lipinski definition) is 0. The minimum absolute atomic E-state index is 0.0542. The van der Waals surface area contributed by atoms with Crippen molar-refractivity contribution in [3.05, 3.63) is 87.7 Å². The Labute approximate surface area is 169 Å². The Hall–Kier alpha value is -2.85. The first-order valence-electron chi connectivity index (χ1n) is 8.83. The lowest BCUT2D eigenvalue weighted by Crippen LogP contribution is -2.01. The molecule has 3 aromatic carbocycles. The molecule has 0 atom stereocenters. The fourth-order valence-corrected chi connectivity index (χ4v) is 3.01. The molecule has 0 aromatic heterocycles. The summed E-state index contributed by atoms with van der Waals surface area (Å²) in [5.74, 6) is 0.512. The van der Waals surface area contributed by atoms with Crippen molar-refractivity contribution < 1.29 is 13.9 Å². The van der Waals surface area contributed by atoms with Gasteiger partial charge in [-0.25, -0.2) is 4.39 Å². The zero-order chi connectivity index (χ0) is 20.1. The molecule has 0 saturated carbocycles. The molecular weight excluding hydrogens is 377 g/mol. The summed E-state index contributed by atoms with van der Waals surface area (Å²) < 4.78 is 25.0. The molecule has 0 radical (unpaired) electrons. The lowest BCUT2D eigenvalue weighted by molar-refractivity contribution is 0.280. The van der Waals surface area contributed by atoms with E-state index in [1.165, 1.54) is 18.7 Å². The van der Waals surface area contributed by atoms with Gasteiger partial charge in [-0.15, -0.1) is 0 Å². The zero-order valence-corrected chi connectivity index (χ0v) is 16.8. The number of methoxy groups -OCH3 is 1. The first-order chi connectivity index (χ1) is 13.5. The topological polar surface area (TPSA) is 30.8 Å². The van der Waals surface area contributed by atoms with Gasteiger partial charge >= 0.3 is 0 Å². The van der Waals surface area contributed by atoms with Crippen LogP contribution in [0.3, 0.4) is 0 Å². The third-order valence-electron chi connectivity index (χ3n) is 4.51. The normalized spacial score (nSPS) is 11.0. The van der Waals surface area contributed by atoms with Gasteiger partial charge in [0.05, 0.1) is 17.8 Å². The summed E-state index contributed by atoms with van der Waals surface area (Å²) in [6.07, 6.45) is 1.73. The van der Waals surface area contributed by atoms with Crippen LogP contribution in [0.5, 0.6) is 11.5 Å². The van der Waals surface area contributed by atoms with Crippen molar-refractivity contribution in [1.29, 1.82) is 0 Å². The van der Waals surface area contributed by atoms with Gasteiger partial charge in [-0.1, -0.05) is 41.9 Å². The Balaban J connectivity index is 1.84. The number of rotatable bonds is 6. The highest BCUT2D eigenvalue weighted by Crippen LogP contribution is 2.37. The smallest absolute Gasteiger partial charge is 0.180 e. The van der Waals surface area contributed by atoms with Crippen molar-refractivity contribution >= 4 is 23.5 Å². The molecule has 0 unspecified atom stereocenters. The minimum atomic E-state index is -0.324. The molecule has 0 heterocycles. The van der Waals surface area contributed by atoms with Gasteiger partial charge in [-0.2, -0.15) is 0 Å². The maximum atomic E-state index is 13.8. The monoisotopic (exact) mass is 397 g/mol. The van der Waals surface area contributed by atoms with Crippen molar-refractivity contribution in [3.8, 4) is 11.5 Å². The van der Waals surface area contributed by atoms with Gasteiger partial charge in [0, 0.05) is 11.8 Å². The van der Waals surface area contributed by atoms with Crippen LogP contribution in [0.1, 0.15) is 22.3 Å². The van der Waals surface area contributed by atoms with E-state index in [9.17, 15) is 4.39 Å². The summed E-state index contributed by atoms with van der Waals surface area (Å²) in [5.41, 5.74) is 4.43. The van der Waals surface area contributed by atoms with E-state index >= 15 is 0 Å². The maximum Gasteiger partial charge on any atom is 0.180 e. The van der Waals surface area contributed by atoms with Crippen LogP contribution in [0.15, 0.2) is 59.6 Å². The maximum absolute atomic E-state index is 13.8. The molecule has 0 N–H and O–H groups in total. The van der Waals surface area contributed by atoms with Crippen LogP contribution in [-0.4, -0.2) is 13.3 Å². The van der Waals surface area contributed by atoms with E-state index in [2.05, 4.69) is 18.0 Å². The SMILES string of the molecule is COc1cc(C=Nc2cccc(C)c2C)cc(Cl)c1OCc1ccccc1F. The Morgan fingerprint density at radius 3 is 2.61 bits per heavy atom. The van der Waals surface area contributed by atoms with Crippen LogP contribution in [0, 0.1) is 19.7 Å². The number of hydrogen-bond acceptors (Lipinski definition) is 3. The highest BCUT2D eigenvalue weighted by molar-refractivity contribution is 6.32. The van der Waals surface area contributed by atoms with Gasteiger partial charge in [0.1, 0.15) is 12.4 Å². The van der Waals surface area contributed by atoms with Gasteiger partial charge in [0.15, 0.2) is 11.5 Å². The molecule has 0 aliphatic carbocycles. The average Bonchev–Trinajstić information content (AvgIpc) is 2.69. The van der Waals surface area contributed by atoms with Crippen LogP contribution < -0.4 is 9.47 Å². The molecule has 3 aromatic rings. The second-order valence-electron chi connectivity index (χ2n) is 6.39. The Bertz CT molecular complexity index is 1020. The van der Waals surface area contributed by atoms with Gasteiger partial charge in [-0.05, 0) is 54.8 Å². The summed E-state index contributed by atoms with van der Waals surface area (Å²) in [7, 11) is 1.53. The molecule has 0 aliphatic heterocycles. The summed E-state index contributed by atoms with van der Waals surface area (Å²) in [4.78, 5) is 4.56. The molecule has 0 bridgehead atoms. The van der Waals surface area contributed by atoms with Crippen molar-refractivity contribution in [2.24, 2.45) is 4.99 Å². The number of aryl methyl sites for hydroxylation is 1. The number of halogens is 2. The summed E-state index contributed by atoms with van der Waals surface area (Å²) in [5, 5.41) is 0.373. The van der Waals surface area contributed by atoms with E-state index < -0.39 is 0 Å². The first-order valence-corrected chi connectivity index (χ1v) is 9.21. The van der Waals surface area contributed by atoms with Gasteiger partial charge < -0.3 is 9.47 Å². The molecule has 0 saturated heterocycles. The molecule has 3 nitrogen and oxygen atoms in total. The Kier molecular flexibility index (Phi) is 6.32. The second kappa shape index (κ2) is 8.89. The predicted molar refractivity (Wildman–Crippen MR) is 112 cm³/mol. The third-order valence-corrected chi connectivity index (χ3v) is 4.79. The van der Waals surface area contributed by atoms with Gasteiger partial charge in [-0.3, -0.25) is 4.99 Å². The Morgan fingerprint density at radius 1 is 1.07 bits per heavy atom. The van der Waals surface area contributed by atoms with Crippen LogP contribution in [0.2, 0.25) is 5.02 Å². The summed E-state index contributed by atoms with van der Waals surface area (Å²) in [6, 6.07) is 16.0. The van der Waals surface area contributed by atoms with Crippen molar-refractivity contribution in [2.45, 2.75) is 20.5 Å². The lowest BCUT2D eigenvalue weighted by Gasteiger charge is -2.13. The fraction of sp³-hybridized carbons (Fsp3) is 0.174.